The van der Waals surface area contributed by atoms with E-state index in [9.17, 15) is 4.79 Å². The molecule has 1 rings (SSSR count). The number of hydrogen-bond acceptors (Lipinski definition) is 2. The van der Waals surface area contributed by atoms with E-state index in [2.05, 4.69) is 32.4 Å². The molecule has 0 spiro atoms. The van der Waals surface area contributed by atoms with Gasteiger partial charge in [0.15, 0.2) is 0 Å². The van der Waals surface area contributed by atoms with Crippen molar-refractivity contribution in [3.8, 4) is 11.2 Å². The minimum atomic E-state index is -0.332. The second-order valence-electron chi connectivity index (χ2n) is 2.60. The fraction of sp³-hybridized carbons (Fsp3) is 0.100. The first kappa shape index (κ1) is 11.4. The van der Waals surface area contributed by atoms with Crippen molar-refractivity contribution in [1.29, 1.82) is 0 Å². The molecule has 0 unspecified atom stereocenters. The SMILES string of the molecule is NC(=O)Cc1ccccc1C#CSI. The largest absolute Gasteiger partial charge is 0.369 e. The van der Waals surface area contributed by atoms with E-state index < -0.39 is 0 Å². The zero-order valence-corrected chi connectivity index (χ0v) is 10.3. The molecule has 4 heteroatoms. The van der Waals surface area contributed by atoms with Gasteiger partial charge in [0.25, 0.3) is 0 Å². The Morgan fingerprint density at radius 1 is 1.50 bits per heavy atom. The fourth-order valence-corrected chi connectivity index (χ4v) is 1.54. The number of carbonyl (C=O) groups excluding carboxylic acids is 1. The number of nitrogens with two attached hydrogens (primary N) is 1. The molecule has 14 heavy (non-hydrogen) atoms. The Kier molecular flexibility index (Phi) is 4.84. The van der Waals surface area contributed by atoms with Crippen molar-refractivity contribution in [1.82, 2.24) is 0 Å². The highest BCUT2D eigenvalue weighted by atomic mass is 127. The van der Waals surface area contributed by atoms with Crippen LogP contribution in [0.3, 0.4) is 0 Å². The third-order valence-electron chi connectivity index (χ3n) is 1.61. The van der Waals surface area contributed by atoms with Gasteiger partial charge >= 0.3 is 0 Å². The molecule has 0 saturated heterocycles. The van der Waals surface area contributed by atoms with Crippen molar-refractivity contribution < 1.29 is 4.79 Å². The Labute approximate surface area is 99.2 Å². The van der Waals surface area contributed by atoms with E-state index >= 15 is 0 Å². The van der Waals surface area contributed by atoms with Gasteiger partial charge in [-0.25, -0.2) is 0 Å². The average molecular weight is 317 g/mol. The van der Waals surface area contributed by atoms with Crippen molar-refractivity contribution in [3.63, 3.8) is 0 Å². The number of amides is 1. The van der Waals surface area contributed by atoms with Gasteiger partial charge in [-0.3, -0.25) is 4.79 Å². The van der Waals surface area contributed by atoms with Gasteiger partial charge in [-0.05, 0) is 25.8 Å². The van der Waals surface area contributed by atoms with E-state index in [0.717, 1.165) is 11.1 Å². The summed E-state index contributed by atoms with van der Waals surface area (Å²) in [6, 6.07) is 7.53. The lowest BCUT2D eigenvalue weighted by atomic mass is 10.1. The molecular formula is C10H8INOS. The first-order valence-corrected chi connectivity index (χ1v) is 7.24. The minimum Gasteiger partial charge on any atom is -0.369 e. The van der Waals surface area contributed by atoms with Crippen LogP contribution in [0.1, 0.15) is 11.1 Å². The van der Waals surface area contributed by atoms with Crippen molar-refractivity contribution in [2.24, 2.45) is 5.73 Å². The van der Waals surface area contributed by atoms with Crippen LogP contribution >= 0.6 is 30.1 Å². The first-order chi connectivity index (χ1) is 6.74. The first-order valence-electron chi connectivity index (χ1n) is 3.89. The van der Waals surface area contributed by atoms with E-state index in [1.807, 2.05) is 24.3 Å². The predicted octanol–water partition coefficient (Wildman–Crippen LogP) is 2.11. The van der Waals surface area contributed by atoms with Gasteiger partial charge in [-0.15, -0.1) is 0 Å². The third-order valence-corrected chi connectivity index (χ3v) is 2.45. The molecule has 0 bridgehead atoms. The Morgan fingerprint density at radius 2 is 2.21 bits per heavy atom. The topological polar surface area (TPSA) is 43.1 Å². The molecule has 0 heterocycles. The van der Waals surface area contributed by atoms with Crippen LogP contribution in [0.25, 0.3) is 0 Å². The van der Waals surface area contributed by atoms with Gasteiger partial charge in [0.2, 0.25) is 5.91 Å². The van der Waals surface area contributed by atoms with Gasteiger partial charge in [0.05, 0.1) is 6.42 Å². The molecule has 2 nitrogen and oxygen atoms in total. The lowest BCUT2D eigenvalue weighted by molar-refractivity contribution is -0.117. The van der Waals surface area contributed by atoms with Crippen molar-refractivity contribution >= 4 is 36.0 Å². The molecule has 1 aromatic carbocycles. The lowest BCUT2D eigenvalue weighted by Crippen LogP contribution is -2.14. The minimum absolute atomic E-state index is 0.247. The van der Waals surface area contributed by atoms with Gasteiger partial charge in [-0.2, -0.15) is 0 Å². The smallest absolute Gasteiger partial charge is 0.221 e. The monoisotopic (exact) mass is 317 g/mol. The van der Waals surface area contributed by atoms with Crippen LogP contribution in [0, 0.1) is 11.2 Å². The molecule has 1 amide bonds. The second kappa shape index (κ2) is 5.94. The van der Waals surface area contributed by atoms with Gasteiger partial charge in [-0.1, -0.05) is 24.1 Å². The average Bonchev–Trinajstić information content (AvgIpc) is 2.16. The van der Waals surface area contributed by atoms with Gasteiger partial charge in [0.1, 0.15) is 0 Å². The molecule has 0 aliphatic rings. The number of hydrogen-bond donors (Lipinski definition) is 1. The maximum atomic E-state index is 10.8. The number of rotatable bonds is 2. The second-order valence-corrected chi connectivity index (χ2v) is 4.28. The Hall–Kier alpha value is -0.670. The van der Waals surface area contributed by atoms with E-state index in [4.69, 9.17) is 5.73 Å². The quantitative estimate of drug-likeness (QED) is 0.671. The number of benzene rings is 1. The van der Waals surface area contributed by atoms with Crippen LogP contribution in [-0.2, 0) is 11.2 Å². The van der Waals surface area contributed by atoms with Crippen molar-refractivity contribution in [2.45, 2.75) is 6.42 Å². The summed E-state index contributed by atoms with van der Waals surface area (Å²) in [4.78, 5) is 10.8. The van der Waals surface area contributed by atoms with Crippen LogP contribution in [0.15, 0.2) is 24.3 Å². The standard InChI is InChI=1S/C10H8INOS/c11-14-6-5-8-3-1-2-4-9(8)7-10(12)13/h1-4H,7H2,(H2,12,13). The molecular weight excluding hydrogens is 309 g/mol. The summed E-state index contributed by atoms with van der Waals surface area (Å²) >= 11 is 2.10. The van der Waals surface area contributed by atoms with E-state index in [1.54, 1.807) is 0 Å². The Morgan fingerprint density at radius 3 is 2.86 bits per heavy atom. The summed E-state index contributed by atoms with van der Waals surface area (Å²) in [7, 11) is 1.42. The van der Waals surface area contributed by atoms with Crippen molar-refractivity contribution in [3.05, 3.63) is 35.4 Å². The number of primary amides is 1. The highest BCUT2D eigenvalue weighted by molar-refractivity contribution is 14.2. The maximum absolute atomic E-state index is 10.8. The number of carbonyl (C=O) groups is 1. The highest BCUT2D eigenvalue weighted by Gasteiger charge is 2.01. The van der Waals surface area contributed by atoms with Crippen LogP contribution in [0.2, 0.25) is 0 Å². The van der Waals surface area contributed by atoms with E-state index in [-0.39, 0.29) is 12.3 Å². The van der Waals surface area contributed by atoms with Gasteiger partial charge < -0.3 is 5.73 Å². The summed E-state index contributed by atoms with van der Waals surface area (Å²) in [6.45, 7) is 0. The molecule has 0 radical (unpaired) electrons. The summed E-state index contributed by atoms with van der Waals surface area (Å²) in [5.41, 5.74) is 6.89. The third kappa shape index (κ3) is 3.60. The van der Waals surface area contributed by atoms with E-state index in [0.29, 0.717) is 0 Å². The van der Waals surface area contributed by atoms with Crippen LogP contribution < -0.4 is 5.73 Å². The Balaban J connectivity index is 2.96. The predicted molar refractivity (Wildman–Crippen MR) is 67.8 cm³/mol. The van der Waals surface area contributed by atoms with Crippen molar-refractivity contribution in [2.75, 3.05) is 0 Å². The summed E-state index contributed by atoms with van der Waals surface area (Å²) in [6.07, 6.45) is 0.247. The van der Waals surface area contributed by atoms with Crippen LogP contribution in [0.4, 0.5) is 0 Å². The van der Waals surface area contributed by atoms with Crippen LogP contribution in [0.5, 0.6) is 0 Å². The molecule has 2 N–H and O–H groups in total. The molecule has 0 aliphatic carbocycles. The summed E-state index contributed by atoms with van der Waals surface area (Å²) in [5.74, 6) is 2.63. The number of halogens is 1. The maximum Gasteiger partial charge on any atom is 0.221 e. The molecule has 1 aromatic rings. The van der Waals surface area contributed by atoms with Gasteiger partial charge in [0, 0.05) is 26.8 Å². The van der Waals surface area contributed by atoms with Crippen LogP contribution in [-0.4, -0.2) is 5.91 Å². The normalized spacial score (nSPS) is 8.93. The summed E-state index contributed by atoms with van der Waals surface area (Å²) < 4.78 is 0. The molecule has 0 aromatic heterocycles. The molecule has 0 atom stereocenters. The molecule has 72 valence electrons. The Bertz CT molecular complexity index is 395. The fourth-order valence-electron chi connectivity index (χ4n) is 1.06. The zero-order valence-electron chi connectivity index (χ0n) is 7.29. The molecule has 0 saturated carbocycles. The zero-order chi connectivity index (χ0) is 10.4. The molecule has 0 fully saturated rings. The highest BCUT2D eigenvalue weighted by Crippen LogP contribution is 2.11. The summed E-state index contributed by atoms with van der Waals surface area (Å²) in [5, 5.41) is 2.88. The molecule has 0 aliphatic heterocycles. The van der Waals surface area contributed by atoms with E-state index in [1.165, 1.54) is 8.93 Å². The lowest BCUT2D eigenvalue weighted by Gasteiger charge is -2.00.